The van der Waals surface area contributed by atoms with E-state index in [2.05, 4.69) is 10.3 Å². The SMILES string of the molecule is O=C(CCc1ncc(-c2ccccc2F)o1)Nc1ccc(Cl)c(S(=O)(=O)N2CCCC2)c1. The molecular weight excluding hydrogens is 457 g/mol. The van der Waals surface area contributed by atoms with Crippen molar-refractivity contribution >= 4 is 33.2 Å². The van der Waals surface area contributed by atoms with Gasteiger partial charge in [0.2, 0.25) is 15.9 Å². The van der Waals surface area contributed by atoms with Crippen molar-refractivity contribution in [2.24, 2.45) is 0 Å². The third kappa shape index (κ3) is 4.85. The Morgan fingerprint density at radius 2 is 1.94 bits per heavy atom. The maximum atomic E-state index is 13.9. The molecular formula is C22H21ClFN3O4S. The molecule has 7 nitrogen and oxygen atoms in total. The number of carbonyl (C=O) groups excluding carboxylic acids is 1. The summed E-state index contributed by atoms with van der Waals surface area (Å²) in [7, 11) is -3.72. The average Bonchev–Trinajstić information content (AvgIpc) is 3.47. The van der Waals surface area contributed by atoms with E-state index < -0.39 is 15.8 Å². The van der Waals surface area contributed by atoms with E-state index in [9.17, 15) is 17.6 Å². The third-order valence-corrected chi connectivity index (χ3v) is 7.54. The van der Waals surface area contributed by atoms with E-state index in [0.29, 0.717) is 30.2 Å². The lowest BCUT2D eigenvalue weighted by Gasteiger charge is -2.17. The zero-order valence-electron chi connectivity index (χ0n) is 17.1. The van der Waals surface area contributed by atoms with Crippen molar-refractivity contribution in [3.05, 3.63) is 65.4 Å². The van der Waals surface area contributed by atoms with Gasteiger partial charge in [0, 0.05) is 31.6 Å². The number of sulfonamides is 1. The van der Waals surface area contributed by atoms with Crippen molar-refractivity contribution in [2.75, 3.05) is 18.4 Å². The van der Waals surface area contributed by atoms with Crippen LogP contribution in [-0.4, -0.2) is 36.7 Å². The van der Waals surface area contributed by atoms with Gasteiger partial charge >= 0.3 is 0 Å². The number of oxazole rings is 1. The van der Waals surface area contributed by atoms with Crippen molar-refractivity contribution in [3.63, 3.8) is 0 Å². The quantitative estimate of drug-likeness (QED) is 0.541. The van der Waals surface area contributed by atoms with E-state index in [-0.39, 0.29) is 34.4 Å². The number of benzene rings is 2. The van der Waals surface area contributed by atoms with E-state index in [1.807, 2.05) is 0 Å². The zero-order chi connectivity index (χ0) is 22.7. The molecule has 1 saturated heterocycles. The predicted octanol–water partition coefficient (Wildman–Crippen LogP) is 4.49. The number of aryl methyl sites for hydroxylation is 1. The van der Waals surface area contributed by atoms with Crippen LogP contribution in [0.25, 0.3) is 11.3 Å². The van der Waals surface area contributed by atoms with E-state index in [0.717, 1.165) is 12.8 Å². The Morgan fingerprint density at radius 1 is 1.19 bits per heavy atom. The summed E-state index contributed by atoms with van der Waals surface area (Å²) in [6, 6.07) is 10.6. The van der Waals surface area contributed by atoms with Crippen molar-refractivity contribution in [1.82, 2.24) is 9.29 Å². The van der Waals surface area contributed by atoms with Crippen molar-refractivity contribution < 1.29 is 22.0 Å². The van der Waals surface area contributed by atoms with Crippen LogP contribution in [0, 0.1) is 5.82 Å². The highest BCUT2D eigenvalue weighted by Gasteiger charge is 2.29. The Balaban J connectivity index is 1.40. The fraction of sp³-hybridized carbons (Fsp3) is 0.273. The van der Waals surface area contributed by atoms with Crippen LogP contribution in [0.15, 0.2) is 58.0 Å². The third-order valence-electron chi connectivity index (χ3n) is 5.16. The Morgan fingerprint density at radius 3 is 2.69 bits per heavy atom. The molecule has 0 bridgehead atoms. The minimum atomic E-state index is -3.72. The van der Waals surface area contributed by atoms with E-state index in [1.165, 1.54) is 28.7 Å². The molecule has 0 spiro atoms. The normalized spacial score (nSPS) is 14.6. The Kier molecular flexibility index (Phi) is 6.59. The van der Waals surface area contributed by atoms with Gasteiger partial charge in [0.15, 0.2) is 11.7 Å². The van der Waals surface area contributed by atoms with Gasteiger partial charge in [0.1, 0.15) is 10.7 Å². The molecule has 1 amide bonds. The second-order valence-corrected chi connectivity index (χ2v) is 9.72. The first-order valence-corrected chi connectivity index (χ1v) is 12.0. The lowest BCUT2D eigenvalue weighted by atomic mass is 10.2. The molecule has 10 heteroatoms. The summed E-state index contributed by atoms with van der Waals surface area (Å²) in [6.07, 6.45) is 3.29. The molecule has 168 valence electrons. The molecule has 1 aromatic heterocycles. The number of aromatic nitrogens is 1. The summed E-state index contributed by atoms with van der Waals surface area (Å²) in [5.74, 6) is -0.183. The van der Waals surface area contributed by atoms with Gasteiger partial charge in [-0.25, -0.2) is 17.8 Å². The van der Waals surface area contributed by atoms with E-state index in [4.69, 9.17) is 16.0 Å². The molecule has 1 aliphatic rings. The molecule has 1 fully saturated rings. The van der Waals surface area contributed by atoms with Crippen LogP contribution in [0.3, 0.4) is 0 Å². The lowest BCUT2D eigenvalue weighted by Crippen LogP contribution is -2.28. The standard InChI is InChI=1S/C22H21ClFN3O4S/c23-17-8-7-15(13-20(17)32(29,30)27-11-3-4-12-27)26-21(28)9-10-22-25-14-19(31-22)16-5-1-2-6-18(16)24/h1-2,5-8,13-14H,3-4,9-12H2,(H,26,28). The number of amides is 1. The number of rotatable bonds is 7. The van der Waals surface area contributed by atoms with E-state index >= 15 is 0 Å². The highest BCUT2D eigenvalue weighted by Crippen LogP contribution is 2.30. The van der Waals surface area contributed by atoms with Gasteiger partial charge in [-0.1, -0.05) is 23.7 Å². The van der Waals surface area contributed by atoms with Gasteiger partial charge < -0.3 is 9.73 Å². The second-order valence-electron chi connectivity index (χ2n) is 7.40. The summed E-state index contributed by atoms with van der Waals surface area (Å²) in [6.45, 7) is 0.917. The molecule has 2 heterocycles. The summed E-state index contributed by atoms with van der Waals surface area (Å²) >= 11 is 6.13. The summed E-state index contributed by atoms with van der Waals surface area (Å²) < 4.78 is 46.5. The first-order valence-electron chi connectivity index (χ1n) is 10.1. The Hall–Kier alpha value is -2.75. The maximum Gasteiger partial charge on any atom is 0.244 e. The predicted molar refractivity (Wildman–Crippen MR) is 118 cm³/mol. The van der Waals surface area contributed by atoms with Crippen LogP contribution in [0.2, 0.25) is 5.02 Å². The van der Waals surface area contributed by atoms with Crippen LogP contribution in [0.1, 0.15) is 25.2 Å². The van der Waals surface area contributed by atoms with Gasteiger partial charge in [-0.3, -0.25) is 4.79 Å². The summed E-state index contributed by atoms with van der Waals surface area (Å²) in [4.78, 5) is 16.5. The zero-order valence-corrected chi connectivity index (χ0v) is 18.6. The molecule has 1 aliphatic heterocycles. The van der Waals surface area contributed by atoms with Crippen LogP contribution in [0.4, 0.5) is 10.1 Å². The molecule has 4 rings (SSSR count). The molecule has 1 N–H and O–H groups in total. The first-order chi connectivity index (χ1) is 15.3. The minimum Gasteiger partial charge on any atom is -0.441 e. The monoisotopic (exact) mass is 477 g/mol. The van der Waals surface area contributed by atoms with E-state index in [1.54, 1.807) is 24.3 Å². The average molecular weight is 478 g/mol. The Labute approximate surface area is 190 Å². The number of nitrogens with one attached hydrogen (secondary N) is 1. The van der Waals surface area contributed by atoms with Crippen LogP contribution < -0.4 is 5.32 Å². The topological polar surface area (TPSA) is 92.5 Å². The number of hydrogen-bond donors (Lipinski definition) is 1. The number of anilines is 1. The molecule has 0 aliphatic carbocycles. The van der Waals surface area contributed by atoms with Gasteiger partial charge in [0.25, 0.3) is 0 Å². The number of nitrogens with zero attached hydrogens (tertiary/aromatic N) is 2. The highest BCUT2D eigenvalue weighted by atomic mass is 35.5. The number of carbonyl (C=O) groups is 1. The van der Waals surface area contributed by atoms with Crippen LogP contribution in [-0.2, 0) is 21.2 Å². The Bertz CT molecular complexity index is 1240. The first kappa shape index (κ1) is 22.4. The smallest absolute Gasteiger partial charge is 0.244 e. The second kappa shape index (κ2) is 9.40. The van der Waals surface area contributed by atoms with Gasteiger partial charge in [0.05, 0.1) is 16.8 Å². The molecule has 0 unspecified atom stereocenters. The summed E-state index contributed by atoms with van der Waals surface area (Å²) in [5.41, 5.74) is 0.625. The molecule has 3 aromatic rings. The highest BCUT2D eigenvalue weighted by molar-refractivity contribution is 7.89. The fourth-order valence-electron chi connectivity index (χ4n) is 3.50. The fourth-order valence-corrected chi connectivity index (χ4v) is 5.52. The molecule has 2 aromatic carbocycles. The maximum absolute atomic E-state index is 13.9. The molecule has 0 saturated carbocycles. The largest absolute Gasteiger partial charge is 0.441 e. The molecule has 0 atom stereocenters. The van der Waals surface area contributed by atoms with Crippen molar-refractivity contribution in [2.45, 2.75) is 30.6 Å². The van der Waals surface area contributed by atoms with Gasteiger partial charge in [-0.05, 0) is 43.2 Å². The molecule has 32 heavy (non-hydrogen) atoms. The van der Waals surface area contributed by atoms with Crippen molar-refractivity contribution in [1.29, 1.82) is 0 Å². The number of halogens is 2. The summed E-state index contributed by atoms with van der Waals surface area (Å²) in [5, 5.41) is 2.79. The van der Waals surface area contributed by atoms with Crippen molar-refractivity contribution in [3.8, 4) is 11.3 Å². The van der Waals surface area contributed by atoms with Crippen LogP contribution >= 0.6 is 11.6 Å². The van der Waals surface area contributed by atoms with Gasteiger partial charge in [-0.2, -0.15) is 4.31 Å². The number of hydrogen-bond acceptors (Lipinski definition) is 5. The molecule has 0 radical (unpaired) electrons. The van der Waals surface area contributed by atoms with Crippen LogP contribution in [0.5, 0.6) is 0 Å². The minimum absolute atomic E-state index is 0.0268. The lowest BCUT2D eigenvalue weighted by molar-refractivity contribution is -0.116. The van der Waals surface area contributed by atoms with Gasteiger partial charge in [-0.15, -0.1) is 0 Å².